The lowest BCUT2D eigenvalue weighted by molar-refractivity contribution is -0.133. The number of Topliss-reactive ketones (excluding diaryl/α,β-unsaturated/α-hetero) is 2. The summed E-state index contributed by atoms with van der Waals surface area (Å²) in [5.41, 5.74) is 1.53. The lowest BCUT2D eigenvalue weighted by atomic mass is 9.88. The number of hydrogen-bond acceptors (Lipinski definition) is 6. The first kappa shape index (κ1) is 25.7. The molecule has 1 heterocycles. The predicted octanol–water partition coefficient (Wildman–Crippen LogP) is 4.83. The van der Waals surface area contributed by atoms with Gasteiger partial charge in [0.25, 0.3) is 0 Å². The standard InChI is InChI=1S/C29H25FN2O5S/c1-18-14-24-23(17-26(18)38(31,35)36)25(10-13-32-24)37-22-8-4-20(5-9-22)16-28(34)29(11-12-29)27(33)15-19-2-6-21(30)7-3-19/h2-10,13-14,17H,11-12,15-16H2,1H3,(H2,31,35,36). The number of aryl methyl sites for hydroxylation is 1. The van der Waals surface area contributed by atoms with Crippen LogP contribution < -0.4 is 9.88 Å². The van der Waals surface area contributed by atoms with Crippen LogP contribution in [0.3, 0.4) is 0 Å². The van der Waals surface area contributed by atoms with Gasteiger partial charge in [0.05, 0.1) is 15.8 Å². The Morgan fingerprint density at radius 2 is 1.53 bits per heavy atom. The van der Waals surface area contributed by atoms with Crippen LogP contribution >= 0.6 is 0 Å². The number of ether oxygens (including phenoxy) is 1. The van der Waals surface area contributed by atoms with Crippen LogP contribution in [-0.4, -0.2) is 25.0 Å². The number of halogens is 1. The molecule has 1 saturated carbocycles. The molecule has 5 rings (SSSR count). The third kappa shape index (κ3) is 5.20. The van der Waals surface area contributed by atoms with Gasteiger partial charge in [-0.2, -0.15) is 0 Å². The Hall–Kier alpha value is -3.95. The van der Waals surface area contributed by atoms with Crippen LogP contribution in [0.5, 0.6) is 11.5 Å². The number of sulfonamides is 1. The summed E-state index contributed by atoms with van der Waals surface area (Å²) in [5, 5.41) is 5.85. The topological polar surface area (TPSA) is 116 Å². The van der Waals surface area contributed by atoms with E-state index >= 15 is 0 Å². The number of primary sulfonamides is 1. The van der Waals surface area contributed by atoms with Crippen LogP contribution in [0.25, 0.3) is 10.9 Å². The van der Waals surface area contributed by atoms with E-state index < -0.39 is 15.4 Å². The zero-order chi connectivity index (χ0) is 27.1. The summed E-state index contributed by atoms with van der Waals surface area (Å²) < 4.78 is 43.1. The van der Waals surface area contributed by atoms with Crippen molar-refractivity contribution in [3.8, 4) is 11.5 Å². The molecule has 0 unspecified atom stereocenters. The zero-order valence-electron chi connectivity index (χ0n) is 20.6. The highest BCUT2D eigenvalue weighted by molar-refractivity contribution is 7.89. The number of benzene rings is 3. The molecule has 0 radical (unpaired) electrons. The second-order valence-electron chi connectivity index (χ2n) is 9.64. The minimum absolute atomic E-state index is 0.000286. The van der Waals surface area contributed by atoms with Gasteiger partial charge in [0.1, 0.15) is 17.3 Å². The molecule has 38 heavy (non-hydrogen) atoms. The molecule has 0 atom stereocenters. The number of carbonyl (C=O) groups excluding carboxylic acids is 2. The van der Waals surface area contributed by atoms with Gasteiger partial charge in [-0.15, -0.1) is 0 Å². The van der Waals surface area contributed by atoms with Gasteiger partial charge < -0.3 is 4.74 Å². The molecule has 0 saturated heterocycles. The van der Waals surface area contributed by atoms with Gasteiger partial charge in [-0.05, 0) is 78.9 Å². The highest BCUT2D eigenvalue weighted by Gasteiger charge is 2.54. The number of fused-ring (bicyclic) bond motifs is 1. The highest BCUT2D eigenvalue weighted by atomic mass is 32.2. The van der Waals surface area contributed by atoms with E-state index in [1.54, 1.807) is 61.7 Å². The van der Waals surface area contributed by atoms with E-state index in [9.17, 15) is 22.4 Å². The lowest BCUT2D eigenvalue weighted by Gasteiger charge is -2.14. The van der Waals surface area contributed by atoms with Gasteiger partial charge in [-0.1, -0.05) is 24.3 Å². The second kappa shape index (κ2) is 9.74. The third-order valence-corrected chi connectivity index (χ3v) is 7.97. The Morgan fingerprint density at radius 3 is 2.08 bits per heavy atom. The van der Waals surface area contributed by atoms with Gasteiger partial charge in [0.2, 0.25) is 10.0 Å². The first-order valence-electron chi connectivity index (χ1n) is 12.1. The number of hydrogen-bond donors (Lipinski definition) is 1. The predicted molar refractivity (Wildman–Crippen MR) is 140 cm³/mol. The van der Waals surface area contributed by atoms with Gasteiger partial charge >= 0.3 is 0 Å². The van der Waals surface area contributed by atoms with Crippen molar-refractivity contribution in [2.24, 2.45) is 10.6 Å². The van der Waals surface area contributed by atoms with Crippen molar-refractivity contribution >= 4 is 32.5 Å². The minimum atomic E-state index is -3.92. The SMILES string of the molecule is Cc1cc2nccc(Oc3ccc(CC(=O)C4(C(=O)Cc5ccc(F)cc5)CC4)cc3)c2cc1S(N)(=O)=O. The minimum Gasteiger partial charge on any atom is -0.457 e. The molecule has 1 aromatic heterocycles. The van der Waals surface area contributed by atoms with E-state index in [1.165, 1.54) is 18.2 Å². The maximum Gasteiger partial charge on any atom is 0.238 e. The van der Waals surface area contributed by atoms with Crippen molar-refractivity contribution < 1.29 is 27.1 Å². The molecule has 9 heteroatoms. The van der Waals surface area contributed by atoms with E-state index in [0.717, 1.165) is 5.56 Å². The summed E-state index contributed by atoms with van der Waals surface area (Å²) in [7, 11) is -3.92. The van der Waals surface area contributed by atoms with Gasteiger partial charge in [-0.3, -0.25) is 14.6 Å². The molecule has 7 nitrogen and oxygen atoms in total. The molecular formula is C29H25FN2O5S. The summed E-state index contributed by atoms with van der Waals surface area (Å²) >= 11 is 0. The van der Waals surface area contributed by atoms with Crippen molar-refractivity contribution in [2.45, 2.75) is 37.5 Å². The van der Waals surface area contributed by atoms with E-state index in [-0.39, 0.29) is 35.1 Å². The monoisotopic (exact) mass is 532 g/mol. The van der Waals surface area contributed by atoms with Crippen molar-refractivity contribution in [1.82, 2.24) is 4.98 Å². The molecule has 4 aromatic rings. The molecule has 0 spiro atoms. The molecule has 1 aliphatic carbocycles. The number of ketones is 2. The fourth-order valence-corrected chi connectivity index (χ4v) is 5.39. The van der Waals surface area contributed by atoms with E-state index in [0.29, 0.717) is 46.4 Å². The van der Waals surface area contributed by atoms with Gasteiger partial charge in [0, 0.05) is 24.4 Å². The summed E-state index contributed by atoms with van der Waals surface area (Å²) in [4.78, 5) is 30.3. The maximum absolute atomic E-state index is 13.2. The summed E-state index contributed by atoms with van der Waals surface area (Å²) in [6.07, 6.45) is 2.85. The van der Waals surface area contributed by atoms with E-state index in [1.807, 2.05) is 0 Å². The fraction of sp³-hybridized carbons (Fsp3) is 0.207. The molecule has 1 aliphatic rings. The Morgan fingerprint density at radius 1 is 0.947 bits per heavy atom. The Bertz CT molecular complexity index is 1660. The molecular weight excluding hydrogens is 507 g/mol. The smallest absolute Gasteiger partial charge is 0.238 e. The van der Waals surface area contributed by atoms with Crippen molar-refractivity contribution in [1.29, 1.82) is 0 Å². The molecule has 3 aromatic carbocycles. The Balaban J connectivity index is 1.29. The molecule has 194 valence electrons. The third-order valence-electron chi connectivity index (χ3n) is 6.92. The first-order chi connectivity index (χ1) is 18.0. The summed E-state index contributed by atoms with van der Waals surface area (Å²) in [6, 6.07) is 17.4. The molecule has 2 N–H and O–H groups in total. The Kier molecular flexibility index (Phi) is 6.58. The lowest BCUT2D eigenvalue weighted by Crippen LogP contribution is -2.28. The van der Waals surface area contributed by atoms with Crippen LogP contribution in [0.4, 0.5) is 4.39 Å². The zero-order valence-corrected chi connectivity index (χ0v) is 21.4. The fourth-order valence-electron chi connectivity index (χ4n) is 4.60. The number of nitrogens with zero attached hydrogens (tertiary/aromatic N) is 1. The van der Waals surface area contributed by atoms with Crippen LogP contribution in [0.2, 0.25) is 0 Å². The molecule has 0 aliphatic heterocycles. The molecule has 0 bridgehead atoms. The largest absolute Gasteiger partial charge is 0.457 e. The summed E-state index contributed by atoms with van der Waals surface area (Å²) in [6.45, 7) is 1.65. The molecule has 0 amide bonds. The maximum atomic E-state index is 13.2. The van der Waals surface area contributed by atoms with E-state index in [2.05, 4.69) is 4.98 Å². The normalized spacial score (nSPS) is 14.3. The number of aromatic nitrogens is 1. The number of nitrogens with two attached hydrogens (primary N) is 1. The quantitative estimate of drug-likeness (QED) is 0.309. The van der Waals surface area contributed by atoms with Crippen LogP contribution in [0.1, 0.15) is 29.5 Å². The average Bonchev–Trinajstić information content (AvgIpc) is 3.68. The van der Waals surface area contributed by atoms with Crippen molar-refractivity contribution in [3.05, 3.63) is 95.4 Å². The first-order valence-corrected chi connectivity index (χ1v) is 13.6. The number of pyridine rings is 1. The van der Waals surface area contributed by atoms with Crippen LogP contribution in [-0.2, 0) is 32.5 Å². The van der Waals surface area contributed by atoms with Gasteiger partial charge in [-0.25, -0.2) is 17.9 Å². The van der Waals surface area contributed by atoms with Crippen molar-refractivity contribution in [3.63, 3.8) is 0 Å². The summed E-state index contributed by atoms with van der Waals surface area (Å²) in [5.74, 6) is 0.273. The molecule has 1 fully saturated rings. The second-order valence-corrected chi connectivity index (χ2v) is 11.2. The average molecular weight is 533 g/mol. The highest BCUT2D eigenvalue weighted by Crippen LogP contribution is 2.48. The number of rotatable bonds is 9. The number of carbonyl (C=O) groups is 2. The van der Waals surface area contributed by atoms with Crippen molar-refractivity contribution in [2.75, 3.05) is 0 Å². The van der Waals surface area contributed by atoms with E-state index in [4.69, 9.17) is 9.88 Å². The Labute approximate surface area is 219 Å². The van der Waals surface area contributed by atoms with Crippen LogP contribution in [0.15, 0.2) is 77.8 Å². The van der Waals surface area contributed by atoms with Crippen LogP contribution in [0, 0.1) is 18.2 Å². The van der Waals surface area contributed by atoms with Gasteiger partial charge in [0.15, 0.2) is 11.6 Å².